The molecule has 41 heavy (non-hydrogen) atoms. The molecule has 0 radical (unpaired) electrons. The number of nitro benzene ring substituents is 3. The fraction of sp³-hybridized carbons (Fsp3) is 0.0800. The first-order valence-electron chi connectivity index (χ1n) is 11.5. The topological polar surface area (TPSA) is 184 Å². The van der Waals surface area contributed by atoms with E-state index in [1.807, 2.05) is 0 Å². The molecule has 1 aromatic heterocycles. The predicted octanol–water partition coefficient (Wildman–Crippen LogP) is 6.68. The van der Waals surface area contributed by atoms with Gasteiger partial charge in [0.15, 0.2) is 9.51 Å². The van der Waals surface area contributed by atoms with E-state index < -0.39 is 20.7 Å². The molecule has 0 spiro atoms. The predicted molar refractivity (Wildman–Crippen MR) is 157 cm³/mol. The summed E-state index contributed by atoms with van der Waals surface area (Å²) >= 11 is 3.26. The second-order valence-electron chi connectivity index (χ2n) is 8.62. The van der Waals surface area contributed by atoms with Crippen LogP contribution in [0.3, 0.4) is 0 Å². The highest BCUT2D eigenvalue weighted by atomic mass is 32.2. The molecule has 0 unspecified atom stereocenters. The fourth-order valence-electron chi connectivity index (χ4n) is 3.82. The molecule has 1 amide bonds. The van der Waals surface area contributed by atoms with Crippen molar-refractivity contribution >= 4 is 85.0 Å². The lowest BCUT2D eigenvalue weighted by Crippen LogP contribution is -2.19. The number of aliphatic imine (C=N–C) groups is 1. The highest BCUT2D eigenvalue weighted by molar-refractivity contribution is 8.18. The second-order valence-corrected chi connectivity index (χ2v) is 12.0. The number of carbonyl (C=O) groups excluding carboxylic acids is 1. The SMILES string of the molecule is Cc1cc(N=C2NC(=O)/C(=C/c3ccc(Sc4nc5ccc([N+](=O)[O-])cc5s4)c([N+](=O)[O-])c3)S2)cc([N+](=O)[O-])c1C. The van der Waals surface area contributed by atoms with Crippen LogP contribution < -0.4 is 5.32 Å². The smallest absolute Gasteiger partial charge is 0.283 e. The van der Waals surface area contributed by atoms with E-state index in [1.165, 1.54) is 47.7 Å². The molecule has 13 nitrogen and oxygen atoms in total. The van der Waals surface area contributed by atoms with Gasteiger partial charge in [0.05, 0.1) is 40.5 Å². The average molecular weight is 609 g/mol. The van der Waals surface area contributed by atoms with Crippen LogP contribution in [-0.2, 0) is 4.79 Å². The summed E-state index contributed by atoms with van der Waals surface area (Å²) in [5, 5.41) is 37.1. The van der Waals surface area contributed by atoms with Gasteiger partial charge in [-0.2, -0.15) is 0 Å². The van der Waals surface area contributed by atoms with Crippen LogP contribution >= 0.6 is 34.9 Å². The van der Waals surface area contributed by atoms with Crippen molar-refractivity contribution in [1.29, 1.82) is 0 Å². The lowest BCUT2D eigenvalue weighted by atomic mass is 10.1. The molecule has 1 aliphatic rings. The number of thiazole rings is 1. The van der Waals surface area contributed by atoms with Crippen molar-refractivity contribution in [3.8, 4) is 0 Å². The summed E-state index contributed by atoms with van der Waals surface area (Å²) in [6.45, 7) is 3.38. The highest BCUT2D eigenvalue weighted by Crippen LogP contribution is 2.40. The Labute approximate surface area is 242 Å². The molecule has 3 aromatic carbocycles. The molecule has 1 aliphatic heterocycles. The molecule has 0 bridgehead atoms. The standard InChI is InChI=1S/C25H16N6O7S3/c1-12-7-15(10-18(13(12)2)30(35)36)26-24-28-23(32)22(39-24)9-14-3-6-20(19(8-14)31(37)38)40-25-27-17-5-4-16(29(33)34)11-21(17)41-25/h3-11H,1-2H3,(H,26,28,32)/b22-9-. The molecule has 4 aromatic rings. The highest BCUT2D eigenvalue weighted by Gasteiger charge is 2.25. The van der Waals surface area contributed by atoms with E-state index in [1.54, 1.807) is 32.0 Å². The number of thioether (sulfide) groups is 1. The van der Waals surface area contributed by atoms with Gasteiger partial charge < -0.3 is 5.32 Å². The molecule has 2 heterocycles. The molecule has 0 atom stereocenters. The van der Waals surface area contributed by atoms with Crippen LogP contribution in [0.15, 0.2) is 67.7 Å². The monoisotopic (exact) mass is 608 g/mol. The molecular formula is C25H16N6O7S3. The Morgan fingerprint density at radius 3 is 2.41 bits per heavy atom. The molecule has 16 heteroatoms. The number of nitrogens with zero attached hydrogens (tertiary/aromatic N) is 5. The summed E-state index contributed by atoms with van der Waals surface area (Å²) in [6, 6.07) is 11.8. The zero-order chi connectivity index (χ0) is 29.4. The number of fused-ring (bicyclic) bond motifs is 1. The van der Waals surface area contributed by atoms with Crippen molar-refractivity contribution in [3.05, 3.63) is 100 Å². The maximum absolute atomic E-state index is 12.6. The van der Waals surface area contributed by atoms with Crippen LogP contribution in [0.25, 0.3) is 16.3 Å². The third-order valence-corrected chi connectivity index (χ3v) is 8.99. The third-order valence-electron chi connectivity index (χ3n) is 5.94. The summed E-state index contributed by atoms with van der Waals surface area (Å²) in [4.78, 5) is 54.6. The van der Waals surface area contributed by atoms with Gasteiger partial charge in [-0.1, -0.05) is 17.8 Å². The maximum atomic E-state index is 12.6. The van der Waals surface area contributed by atoms with Crippen molar-refractivity contribution in [2.75, 3.05) is 0 Å². The van der Waals surface area contributed by atoms with E-state index >= 15 is 0 Å². The van der Waals surface area contributed by atoms with Gasteiger partial charge in [0.1, 0.15) is 0 Å². The largest absolute Gasteiger partial charge is 0.300 e. The summed E-state index contributed by atoms with van der Waals surface area (Å²) < 4.78 is 1.07. The number of nitrogens with one attached hydrogen (secondary N) is 1. The first-order chi connectivity index (χ1) is 19.5. The first-order valence-corrected chi connectivity index (χ1v) is 14.0. The quantitative estimate of drug-likeness (QED) is 0.135. The zero-order valence-electron chi connectivity index (χ0n) is 21.0. The number of benzene rings is 3. The van der Waals surface area contributed by atoms with Gasteiger partial charge in [-0.3, -0.25) is 35.1 Å². The minimum Gasteiger partial charge on any atom is -0.300 e. The van der Waals surface area contributed by atoms with Gasteiger partial charge in [0, 0.05) is 29.8 Å². The van der Waals surface area contributed by atoms with Gasteiger partial charge in [-0.25, -0.2) is 9.98 Å². The molecule has 1 saturated heterocycles. The van der Waals surface area contributed by atoms with E-state index in [-0.39, 0.29) is 27.1 Å². The van der Waals surface area contributed by atoms with Crippen LogP contribution in [-0.4, -0.2) is 30.8 Å². The van der Waals surface area contributed by atoms with Gasteiger partial charge in [-0.05, 0) is 61.0 Å². The Morgan fingerprint density at radius 2 is 1.71 bits per heavy atom. The number of aryl methyl sites for hydroxylation is 1. The number of amidine groups is 1. The maximum Gasteiger partial charge on any atom is 0.283 e. The molecular weight excluding hydrogens is 593 g/mol. The summed E-state index contributed by atoms with van der Waals surface area (Å²) in [7, 11) is 0. The zero-order valence-corrected chi connectivity index (χ0v) is 23.5. The Kier molecular flexibility index (Phi) is 7.53. The number of hydrogen-bond donors (Lipinski definition) is 1. The average Bonchev–Trinajstić information content (AvgIpc) is 3.47. The summed E-state index contributed by atoms with van der Waals surface area (Å²) in [6.07, 6.45) is 1.49. The Hall–Kier alpha value is -4.67. The number of nitro groups is 3. The van der Waals surface area contributed by atoms with Crippen molar-refractivity contribution in [1.82, 2.24) is 10.3 Å². The fourth-order valence-corrected chi connectivity index (χ4v) is 6.81. The molecule has 1 fully saturated rings. The lowest BCUT2D eigenvalue weighted by Gasteiger charge is -2.04. The number of amides is 1. The van der Waals surface area contributed by atoms with Crippen molar-refractivity contribution in [2.45, 2.75) is 23.1 Å². The van der Waals surface area contributed by atoms with Gasteiger partial charge in [-0.15, -0.1) is 11.3 Å². The van der Waals surface area contributed by atoms with Gasteiger partial charge in [0.25, 0.3) is 23.0 Å². The third kappa shape index (κ3) is 5.93. The minimum absolute atomic E-state index is 0.0709. The normalized spacial score (nSPS) is 15.0. The lowest BCUT2D eigenvalue weighted by molar-refractivity contribution is -0.387. The van der Waals surface area contributed by atoms with E-state index in [0.717, 1.165) is 23.5 Å². The van der Waals surface area contributed by atoms with E-state index in [0.29, 0.717) is 41.8 Å². The van der Waals surface area contributed by atoms with Crippen molar-refractivity contribution in [2.24, 2.45) is 4.99 Å². The number of hydrogen-bond acceptors (Lipinski definition) is 12. The minimum atomic E-state index is -0.538. The van der Waals surface area contributed by atoms with E-state index in [9.17, 15) is 35.1 Å². The second kappa shape index (κ2) is 11.1. The summed E-state index contributed by atoms with van der Waals surface area (Å²) in [5.74, 6) is -0.461. The van der Waals surface area contributed by atoms with Crippen LogP contribution in [0.5, 0.6) is 0 Å². The van der Waals surface area contributed by atoms with Crippen LogP contribution in [0.1, 0.15) is 16.7 Å². The molecule has 206 valence electrons. The summed E-state index contributed by atoms with van der Waals surface area (Å²) in [5.41, 5.74) is 2.12. The van der Waals surface area contributed by atoms with Gasteiger partial charge >= 0.3 is 0 Å². The van der Waals surface area contributed by atoms with Crippen LogP contribution in [0.2, 0.25) is 0 Å². The molecule has 0 aliphatic carbocycles. The van der Waals surface area contributed by atoms with Crippen LogP contribution in [0.4, 0.5) is 22.7 Å². The Balaban J connectivity index is 1.39. The van der Waals surface area contributed by atoms with Crippen molar-refractivity contribution in [3.63, 3.8) is 0 Å². The van der Waals surface area contributed by atoms with E-state index in [4.69, 9.17) is 0 Å². The Bertz CT molecular complexity index is 1870. The number of aromatic nitrogens is 1. The number of non-ortho nitro benzene ring substituents is 1. The van der Waals surface area contributed by atoms with E-state index in [2.05, 4.69) is 15.3 Å². The van der Waals surface area contributed by atoms with Crippen LogP contribution in [0, 0.1) is 44.2 Å². The molecule has 1 N–H and O–H groups in total. The van der Waals surface area contributed by atoms with Crippen molar-refractivity contribution < 1.29 is 19.6 Å². The first kappa shape index (κ1) is 27.9. The Morgan fingerprint density at radius 1 is 0.951 bits per heavy atom. The number of carbonyl (C=O) groups is 1. The van der Waals surface area contributed by atoms with Gasteiger partial charge in [0.2, 0.25) is 0 Å². The molecule has 0 saturated carbocycles. The number of rotatable bonds is 7. The molecule has 5 rings (SSSR count).